The Hall–Kier alpha value is -1.45. The highest BCUT2D eigenvalue weighted by Crippen LogP contribution is 2.26. The smallest absolute Gasteiger partial charge is 0.305 e. The van der Waals surface area contributed by atoms with Crippen molar-refractivity contribution < 1.29 is 18.3 Å². The van der Waals surface area contributed by atoms with Crippen molar-refractivity contribution in [1.29, 1.82) is 0 Å². The average molecular weight is 256 g/mol. The van der Waals surface area contributed by atoms with Crippen LogP contribution in [0.15, 0.2) is 18.2 Å². The Kier molecular flexibility index (Phi) is 5.75. The molecule has 0 aliphatic heterocycles. The van der Waals surface area contributed by atoms with Crippen LogP contribution in [0.3, 0.4) is 0 Å². The topological polar surface area (TPSA) is 26.3 Å². The minimum Gasteiger partial charge on any atom is -0.466 e. The second-order valence-corrected chi connectivity index (χ2v) is 4.23. The van der Waals surface area contributed by atoms with E-state index in [4.69, 9.17) is 4.74 Å². The number of rotatable bonds is 6. The zero-order valence-electron chi connectivity index (χ0n) is 10.7. The number of ether oxygens (including phenoxy) is 1. The van der Waals surface area contributed by atoms with Crippen molar-refractivity contribution >= 4 is 5.97 Å². The molecule has 0 fully saturated rings. The van der Waals surface area contributed by atoms with Crippen LogP contribution in [-0.4, -0.2) is 12.6 Å². The summed E-state index contributed by atoms with van der Waals surface area (Å²) in [5, 5.41) is 0. The summed E-state index contributed by atoms with van der Waals surface area (Å²) in [5.74, 6) is -1.57. The van der Waals surface area contributed by atoms with Crippen LogP contribution in [0, 0.1) is 11.6 Å². The minimum atomic E-state index is -0.529. The normalized spacial score (nSPS) is 12.2. The van der Waals surface area contributed by atoms with Crippen LogP contribution in [-0.2, 0) is 9.53 Å². The summed E-state index contributed by atoms with van der Waals surface area (Å²) in [6.07, 6.45) is 1.40. The molecule has 0 N–H and O–H groups in total. The molecule has 18 heavy (non-hydrogen) atoms. The first-order chi connectivity index (χ1) is 8.56. The highest BCUT2D eigenvalue weighted by Gasteiger charge is 2.16. The highest BCUT2D eigenvalue weighted by atomic mass is 19.1. The molecular formula is C14H18F2O2. The number of benzene rings is 1. The summed E-state index contributed by atoms with van der Waals surface area (Å²) >= 11 is 0. The van der Waals surface area contributed by atoms with E-state index in [0.717, 1.165) is 0 Å². The first-order valence-electron chi connectivity index (χ1n) is 6.15. The van der Waals surface area contributed by atoms with E-state index in [2.05, 4.69) is 0 Å². The van der Waals surface area contributed by atoms with Gasteiger partial charge in [-0.05, 0) is 37.8 Å². The molecule has 0 heterocycles. The molecule has 0 aliphatic carbocycles. The summed E-state index contributed by atoms with van der Waals surface area (Å²) in [6.45, 7) is 3.86. The maximum atomic E-state index is 13.5. The molecule has 0 saturated heterocycles. The van der Waals surface area contributed by atoms with Crippen LogP contribution >= 0.6 is 0 Å². The summed E-state index contributed by atoms with van der Waals surface area (Å²) in [6, 6.07) is 3.85. The lowest BCUT2D eigenvalue weighted by Gasteiger charge is -2.13. The molecule has 0 saturated carbocycles. The van der Waals surface area contributed by atoms with E-state index in [9.17, 15) is 13.6 Å². The number of halogens is 2. The lowest BCUT2D eigenvalue weighted by Crippen LogP contribution is -2.06. The molecular weight excluding hydrogens is 238 g/mol. The summed E-state index contributed by atoms with van der Waals surface area (Å²) in [5.41, 5.74) is 0.0985. The molecule has 4 heteroatoms. The van der Waals surface area contributed by atoms with Crippen LogP contribution in [0.25, 0.3) is 0 Å². The molecule has 0 bridgehead atoms. The number of esters is 1. The van der Waals surface area contributed by atoms with E-state index < -0.39 is 11.6 Å². The predicted octanol–water partition coefficient (Wildman–Crippen LogP) is 3.80. The van der Waals surface area contributed by atoms with Crippen LogP contribution in [0.1, 0.15) is 44.6 Å². The number of hydrogen-bond donors (Lipinski definition) is 0. The van der Waals surface area contributed by atoms with Gasteiger partial charge in [0, 0.05) is 12.0 Å². The van der Waals surface area contributed by atoms with E-state index in [1.165, 1.54) is 18.2 Å². The lowest BCUT2D eigenvalue weighted by molar-refractivity contribution is -0.143. The van der Waals surface area contributed by atoms with E-state index in [0.29, 0.717) is 19.4 Å². The molecule has 0 amide bonds. The highest BCUT2D eigenvalue weighted by molar-refractivity contribution is 5.69. The first kappa shape index (κ1) is 14.6. The molecule has 2 nitrogen and oxygen atoms in total. The van der Waals surface area contributed by atoms with Gasteiger partial charge < -0.3 is 4.74 Å². The fraction of sp³-hybridized carbons (Fsp3) is 0.500. The largest absolute Gasteiger partial charge is 0.466 e. The third-order valence-electron chi connectivity index (χ3n) is 2.82. The van der Waals surface area contributed by atoms with Gasteiger partial charge in [-0.25, -0.2) is 8.78 Å². The Bertz CT molecular complexity index is 385. The van der Waals surface area contributed by atoms with E-state index >= 15 is 0 Å². The van der Waals surface area contributed by atoms with Crippen LogP contribution < -0.4 is 0 Å². The SMILES string of the molecule is CCOC(=O)CCCC(C)c1c(F)cccc1F. The van der Waals surface area contributed by atoms with Crippen molar-refractivity contribution in [3.63, 3.8) is 0 Å². The fourth-order valence-corrected chi connectivity index (χ4v) is 1.91. The monoisotopic (exact) mass is 256 g/mol. The van der Waals surface area contributed by atoms with E-state index in [1.807, 2.05) is 0 Å². The van der Waals surface area contributed by atoms with Gasteiger partial charge in [0.05, 0.1) is 6.61 Å². The maximum Gasteiger partial charge on any atom is 0.305 e. The maximum absolute atomic E-state index is 13.5. The van der Waals surface area contributed by atoms with Gasteiger partial charge in [0.2, 0.25) is 0 Å². The Balaban J connectivity index is 2.50. The molecule has 1 atom stereocenters. The quantitative estimate of drug-likeness (QED) is 0.724. The Morgan fingerprint density at radius 1 is 1.33 bits per heavy atom. The second kappa shape index (κ2) is 7.09. The molecule has 0 radical (unpaired) electrons. The predicted molar refractivity (Wildman–Crippen MR) is 65.3 cm³/mol. The Morgan fingerprint density at radius 2 is 1.94 bits per heavy atom. The van der Waals surface area contributed by atoms with Crippen LogP contribution in [0.2, 0.25) is 0 Å². The van der Waals surface area contributed by atoms with E-state index in [1.54, 1.807) is 13.8 Å². The van der Waals surface area contributed by atoms with Crippen molar-refractivity contribution in [2.24, 2.45) is 0 Å². The second-order valence-electron chi connectivity index (χ2n) is 4.23. The first-order valence-corrected chi connectivity index (χ1v) is 6.15. The van der Waals surface area contributed by atoms with Gasteiger partial charge in [0.15, 0.2) is 0 Å². The van der Waals surface area contributed by atoms with Crippen molar-refractivity contribution in [3.8, 4) is 0 Å². The van der Waals surface area contributed by atoms with Gasteiger partial charge in [0.25, 0.3) is 0 Å². The molecule has 0 aliphatic rings. The van der Waals surface area contributed by atoms with Gasteiger partial charge in [-0.1, -0.05) is 13.0 Å². The van der Waals surface area contributed by atoms with Crippen molar-refractivity contribution in [1.82, 2.24) is 0 Å². The molecule has 1 aromatic rings. The van der Waals surface area contributed by atoms with E-state index in [-0.39, 0.29) is 23.9 Å². The third-order valence-corrected chi connectivity index (χ3v) is 2.82. The van der Waals surface area contributed by atoms with Crippen molar-refractivity contribution in [3.05, 3.63) is 35.4 Å². The number of carbonyl (C=O) groups is 1. The van der Waals surface area contributed by atoms with Crippen LogP contribution in [0.4, 0.5) is 8.78 Å². The summed E-state index contributed by atoms with van der Waals surface area (Å²) in [4.78, 5) is 11.1. The van der Waals surface area contributed by atoms with Crippen LogP contribution in [0.5, 0.6) is 0 Å². The van der Waals surface area contributed by atoms with Gasteiger partial charge in [-0.15, -0.1) is 0 Å². The van der Waals surface area contributed by atoms with Crippen molar-refractivity contribution in [2.75, 3.05) is 6.61 Å². The van der Waals surface area contributed by atoms with Gasteiger partial charge in [-0.3, -0.25) is 4.79 Å². The standard InChI is InChI=1S/C14H18F2O2/c1-3-18-13(17)9-4-6-10(2)14-11(15)7-5-8-12(14)16/h5,7-8,10H,3-4,6,9H2,1-2H3. The summed E-state index contributed by atoms with van der Waals surface area (Å²) in [7, 11) is 0. The lowest BCUT2D eigenvalue weighted by atomic mass is 9.94. The minimum absolute atomic E-state index is 0.0985. The number of hydrogen-bond acceptors (Lipinski definition) is 2. The zero-order chi connectivity index (χ0) is 13.5. The molecule has 0 spiro atoms. The molecule has 1 unspecified atom stereocenters. The molecule has 100 valence electrons. The zero-order valence-corrected chi connectivity index (χ0v) is 10.7. The molecule has 1 aromatic carbocycles. The number of carbonyl (C=O) groups excluding carboxylic acids is 1. The molecule has 0 aromatic heterocycles. The fourth-order valence-electron chi connectivity index (χ4n) is 1.91. The Labute approximate surface area is 106 Å². The molecule has 1 rings (SSSR count). The van der Waals surface area contributed by atoms with Gasteiger partial charge in [-0.2, -0.15) is 0 Å². The summed E-state index contributed by atoms with van der Waals surface area (Å²) < 4.78 is 31.7. The Morgan fingerprint density at radius 3 is 2.50 bits per heavy atom. The third kappa shape index (κ3) is 4.09. The van der Waals surface area contributed by atoms with Gasteiger partial charge >= 0.3 is 5.97 Å². The van der Waals surface area contributed by atoms with Crippen molar-refractivity contribution in [2.45, 2.75) is 39.0 Å². The van der Waals surface area contributed by atoms with Gasteiger partial charge in [0.1, 0.15) is 11.6 Å². The average Bonchev–Trinajstić information content (AvgIpc) is 2.29.